The molecule has 16 heavy (non-hydrogen) atoms. The predicted molar refractivity (Wildman–Crippen MR) is 65.8 cm³/mol. The van der Waals surface area contributed by atoms with Gasteiger partial charge in [0.1, 0.15) is 0 Å². The normalized spacial score (nSPS) is 24.4. The first kappa shape index (κ1) is 9.06. The Morgan fingerprint density at radius 2 is 1.81 bits per heavy atom. The van der Waals surface area contributed by atoms with E-state index < -0.39 is 0 Å². The molecule has 1 aliphatic carbocycles. The van der Waals surface area contributed by atoms with Crippen molar-refractivity contribution < 1.29 is 0 Å². The van der Waals surface area contributed by atoms with Gasteiger partial charge in [-0.2, -0.15) is 0 Å². The largest absolute Gasteiger partial charge is 0.371 e. The highest BCUT2D eigenvalue weighted by Gasteiger charge is 2.41. The first-order valence-corrected chi connectivity index (χ1v) is 6.46. The molecule has 0 unspecified atom stereocenters. The Labute approximate surface area is 96.4 Å². The number of rotatable bonds is 1. The second-order valence-corrected chi connectivity index (χ2v) is 5.64. The summed E-state index contributed by atoms with van der Waals surface area (Å²) in [6.07, 6.45) is 6.15. The van der Waals surface area contributed by atoms with E-state index in [-0.39, 0.29) is 5.54 Å². The van der Waals surface area contributed by atoms with Crippen LogP contribution in [0.4, 0.5) is 5.69 Å². The lowest BCUT2D eigenvalue weighted by atomic mass is 9.93. The smallest absolute Gasteiger partial charge is 0.0432 e. The fourth-order valence-electron chi connectivity index (χ4n) is 3.31. The lowest BCUT2D eigenvalue weighted by molar-refractivity contribution is 0.710. The van der Waals surface area contributed by atoms with Crippen LogP contribution in [-0.2, 0) is 18.4 Å². The lowest BCUT2D eigenvalue weighted by Gasteiger charge is -2.28. The van der Waals surface area contributed by atoms with E-state index in [1.165, 1.54) is 50.8 Å². The summed E-state index contributed by atoms with van der Waals surface area (Å²) in [5, 5.41) is 0. The Kier molecular flexibility index (Phi) is 1.59. The van der Waals surface area contributed by atoms with Gasteiger partial charge in [-0.05, 0) is 48.8 Å². The quantitative estimate of drug-likeness (QED) is 0.774. The average Bonchev–Trinajstić information content (AvgIpc) is 2.91. The number of hydrogen-bond donors (Lipinski definition) is 1. The van der Waals surface area contributed by atoms with Gasteiger partial charge in [0.25, 0.3) is 0 Å². The second kappa shape index (κ2) is 2.80. The number of benzene rings is 1. The van der Waals surface area contributed by atoms with Gasteiger partial charge in [0, 0.05) is 24.3 Å². The summed E-state index contributed by atoms with van der Waals surface area (Å²) in [5.41, 5.74) is 12.4. The molecule has 0 atom stereocenters. The SMILES string of the molecule is NC1(c2cc3c4c(c2)CCN4CCC3)CC1. The zero-order valence-corrected chi connectivity index (χ0v) is 9.63. The van der Waals surface area contributed by atoms with Gasteiger partial charge in [-0.15, -0.1) is 0 Å². The molecule has 1 fully saturated rings. The maximum Gasteiger partial charge on any atom is 0.0432 e. The van der Waals surface area contributed by atoms with Crippen molar-refractivity contribution in [3.05, 3.63) is 28.8 Å². The molecule has 1 saturated carbocycles. The molecule has 3 aliphatic rings. The number of hydrogen-bond acceptors (Lipinski definition) is 2. The van der Waals surface area contributed by atoms with E-state index in [1.807, 2.05) is 0 Å². The minimum Gasteiger partial charge on any atom is -0.371 e. The van der Waals surface area contributed by atoms with Crippen LogP contribution in [0.1, 0.15) is 36.0 Å². The van der Waals surface area contributed by atoms with Gasteiger partial charge in [-0.1, -0.05) is 12.1 Å². The maximum absolute atomic E-state index is 6.32. The molecule has 2 nitrogen and oxygen atoms in total. The maximum atomic E-state index is 6.32. The van der Waals surface area contributed by atoms with E-state index in [1.54, 1.807) is 16.8 Å². The monoisotopic (exact) mass is 214 g/mol. The molecule has 2 heterocycles. The van der Waals surface area contributed by atoms with E-state index in [0.29, 0.717) is 0 Å². The molecular weight excluding hydrogens is 196 g/mol. The van der Waals surface area contributed by atoms with E-state index in [9.17, 15) is 0 Å². The molecule has 2 aliphatic heterocycles. The van der Waals surface area contributed by atoms with Crippen LogP contribution in [0.5, 0.6) is 0 Å². The molecule has 2 heteroatoms. The molecule has 1 aromatic carbocycles. The van der Waals surface area contributed by atoms with Gasteiger partial charge in [0.2, 0.25) is 0 Å². The third-order valence-electron chi connectivity index (χ3n) is 4.47. The Hall–Kier alpha value is -1.02. The predicted octanol–water partition coefficient (Wildman–Crippen LogP) is 1.94. The first-order chi connectivity index (χ1) is 7.76. The Morgan fingerprint density at radius 1 is 1.06 bits per heavy atom. The van der Waals surface area contributed by atoms with Crippen molar-refractivity contribution in [2.45, 2.75) is 37.6 Å². The molecule has 2 N–H and O–H groups in total. The standard InChI is InChI=1S/C14H18N2/c15-14(4-5-14)12-8-10-2-1-6-16-7-3-11(9-12)13(10)16/h8-9H,1-7,15H2. The highest BCUT2D eigenvalue weighted by atomic mass is 15.2. The van der Waals surface area contributed by atoms with Gasteiger partial charge in [0.05, 0.1) is 0 Å². The number of nitrogens with two attached hydrogens (primary N) is 1. The van der Waals surface area contributed by atoms with Crippen molar-refractivity contribution >= 4 is 5.69 Å². The first-order valence-electron chi connectivity index (χ1n) is 6.46. The number of aryl methyl sites for hydroxylation is 1. The number of nitrogens with zero attached hydrogens (tertiary/aromatic N) is 1. The van der Waals surface area contributed by atoms with Crippen molar-refractivity contribution in [1.29, 1.82) is 0 Å². The van der Waals surface area contributed by atoms with E-state index in [2.05, 4.69) is 17.0 Å². The Balaban J connectivity index is 1.89. The van der Waals surface area contributed by atoms with Crippen molar-refractivity contribution in [2.24, 2.45) is 5.73 Å². The molecule has 0 bridgehead atoms. The summed E-state index contributed by atoms with van der Waals surface area (Å²) in [4.78, 5) is 2.56. The second-order valence-electron chi connectivity index (χ2n) is 5.64. The Morgan fingerprint density at radius 3 is 2.56 bits per heavy atom. The van der Waals surface area contributed by atoms with Crippen LogP contribution in [0.25, 0.3) is 0 Å². The minimum atomic E-state index is 0.0381. The fraction of sp³-hybridized carbons (Fsp3) is 0.571. The van der Waals surface area contributed by atoms with Crippen LogP contribution in [0, 0.1) is 0 Å². The zero-order valence-electron chi connectivity index (χ0n) is 9.63. The third-order valence-corrected chi connectivity index (χ3v) is 4.47. The fourth-order valence-corrected chi connectivity index (χ4v) is 3.31. The molecule has 0 saturated heterocycles. The summed E-state index contributed by atoms with van der Waals surface area (Å²) in [5.74, 6) is 0. The van der Waals surface area contributed by atoms with Crippen molar-refractivity contribution in [3.8, 4) is 0 Å². The highest BCUT2D eigenvalue weighted by molar-refractivity contribution is 5.66. The van der Waals surface area contributed by atoms with Crippen LogP contribution >= 0.6 is 0 Å². The molecule has 84 valence electrons. The van der Waals surface area contributed by atoms with Gasteiger partial charge in [-0.3, -0.25) is 0 Å². The minimum absolute atomic E-state index is 0.0381. The van der Waals surface area contributed by atoms with Crippen LogP contribution < -0.4 is 10.6 Å². The molecule has 1 aromatic rings. The molecule has 0 spiro atoms. The highest BCUT2D eigenvalue weighted by Crippen LogP contribution is 2.46. The van der Waals surface area contributed by atoms with E-state index in [0.717, 1.165) is 0 Å². The van der Waals surface area contributed by atoms with Crippen LogP contribution in [0.15, 0.2) is 12.1 Å². The molecule has 0 amide bonds. The summed E-state index contributed by atoms with van der Waals surface area (Å²) in [7, 11) is 0. The van der Waals surface area contributed by atoms with Crippen LogP contribution in [-0.4, -0.2) is 13.1 Å². The molecular formula is C14H18N2. The topological polar surface area (TPSA) is 29.3 Å². The molecule has 0 radical (unpaired) electrons. The van der Waals surface area contributed by atoms with Gasteiger partial charge >= 0.3 is 0 Å². The van der Waals surface area contributed by atoms with Crippen molar-refractivity contribution in [3.63, 3.8) is 0 Å². The van der Waals surface area contributed by atoms with E-state index in [4.69, 9.17) is 5.73 Å². The van der Waals surface area contributed by atoms with E-state index >= 15 is 0 Å². The van der Waals surface area contributed by atoms with Crippen molar-refractivity contribution in [1.82, 2.24) is 0 Å². The van der Waals surface area contributed by atoms with Gasteiger partial charge < -0.3 is 10.6 Å². The summed E-state index contributed by atoms with van der Waals surface area (Å²) in [6, 6.07) is 4.78. The molecule has 0 aromatic heterocycles. The summed E-state index contributed by atoms with van der Waals surface area (Å²) in [6.45, 7) is 2.48. The number of anilines is 1. The average molecular weight is 214 g/mol. The third kappa shape index (κ3) is 1.11. The van der Waals surface area contributed by atoms with Gasteiger partial charge in [-0.25, -0.2) is 0 Å². The summed E-state index contributed by atoms with van der Waals surface area (Å²) < 4.78 is 0. The van der Waals surface area contributed by atoms with Crippen LogP contribution in [0.3, 0.4) is 0 Å². The lowest BCUT2D eigenvalue weighted by Crippen LogP contribution is -2.27. The Bertz CT molecular complexity index is 460. The van der Waals surface area contributed by atoms with Gasteiger partial charge in [0.15, 0.2) is 0 Å². The van der Waals surface area contributed by atoms with Crippen molar-refractivity contribution in [2.75, 3.05) is 18.0 Å². The zero-order chi connectivity index (χ0) is 10.8. The summed E-state index contributed by atoms with van der Waals surface area (Å²) >= 11 is 0. The van der Waals surface area contributed by atoms with Crippen LogP contribution in [0.2, 0.25) is 0 Å². The molecule has 4 rings (SSSR count).